The number of hydrogen-bond acceptors (Lipinski definition) is 9. The van der Waals surface area contributed by atoms with Crippen LogP contribution in [0.4, 0.5) is 5.13 Å². The molecule has 3 heterocycles. The van der Waals surface area contributed by atoms with Crippen LogP contribution in [0.25, 0.3) is 0 Å². The third-order valence-electron chi connectivity index (χ3n) is 4.96. The third-order valence-corrected chi connectivity index (χ3v) is 6.94. The summed E-state index contributed by atoms with van der Waals surface area (Å²) < 4.78 is 0. The second-order valence-corrected chi connectivity index (χ2v) is 8.90. The topological polar surface area (TPSA) is 147 Å². The zero-order valence-electron chi connectivity index (χ0n) is 16.2. The number of oxime groups is 1. The number of nitrogens with zero attached hydrogens (tertiary/aromatic N) is 3. The Morgan fingerprint density at radius 1 is 1.48 bits per heavy atom. The maximum Gasteiger partial charge on any atom is 0.352 e. The minimum atomic E-state index is -1.21. The molecule has 10 nitrogen and oxygen atoms in total. The van der Waals surface area contributed by atoms with Gasteiger partial charge < -0.3 is 21.0 Å². The zero-order valence-corrected chi connectivity index (χ0v) is 17.8. The van der Waals surface area contributed by atoms with Gasteiger partial charge in [-0.15, -0.1) is 23.1 Å². The highest BCUT2D eigenvalue weighted by Gasteiger charge is 2.54. The van der Waals surface area contributed by atoms with Crippen LogP contribution >= 0.6 is 23.1 Å². The van der Waals surface area contributed by atoms with E-state index in [-0.39, 0.29) is 28.3 Å². The van der Waals surface area contributed by atoms with E-state index in [4.69, 9.17) is 10.6 Å². The molecule has 2 amide bonds. The molecule has 0 radical (unpaired) electrons. The van der Waals surface area contributed by atoms with Crippen LogP contribution in [0.1, 0.15) is 18.5 Å². The Labute approximate surface area is 185 Å². The van der Waals surface area contributed by atoms with Gasteiger partial charge in [-0.2, -0.15) is 0 Å². The van der Waals surface area contributed by atoms with Gasteiger partial charge in [0.25, 0.3) is 11.8 Å². The molecule has 0 aromatic carbocycles. The molecule has 1 saturated heterocycles. The van der Waals surface area contributed by atoms with Crippen LogP contribution in [0.2, 0.25) is 0 Å². The maximum absolute atomic E-state index is 13.0. The molecule has 1 aromatic rings. The van der Waals surface area contributed by atoms with Crippen LogP contribution in [-0.2, 0) is 19.2 Å². The van der Waals surface area contributed by atoms with Crippen LogP contribution in [-0.4, -0.2) is 61.8 Å². The number of anilines is 1. The predicted molar refractivity (Wildman–Crippen MR) is 116 cm³/mol. The third kappa shape index (κ3) is 3.95. The summed E-state index contributed by atoms with van der Waals surface area (Å²) in [6.07, 6.45) is 6.63. The number of carbonyl (C=O) groups is 3. The molecular weight excluding hydrogens is 442 g/mol. The van der Waals surface area contributed by atoms with Gasteiger partial charge in [0.05, 0.1) is 0 Å². The highest BCUT2D eigenvalue weighted by Crippen LogP contribution is 2.40. The number of aromatic nitrogens is 1. The molecule has 0 spiro atoms. The average molecular weight is 462 g/mol. The molecule has 12 heteroatoms. The van der Waals surface area contributed by atoms with E-state index in [1.54, 1.807) is 5.38 Å². The molecule has 3 atom stereocenters. The van der Waals surface area contributed by atoms with Gasteiger partial charge in [0, 0.05) is 11.1 Å². The summed E-state index contributed by atoms with van der Waals surface area (Å²) in [4.78, 5) is 48.0. The Balaban J connectivity index is 1.53. The molecule has 4 rings (SSSR count). The van der Waals surface area contributed by atoms with E-state index in [1.807, 2.05) is 12.2 Å². The number of nitrogens with two attached hydrogens (primary N) is 1. The largest absolute Gasteiger partial charge is 0.477 e. The molecule has 162 valence electrons. The number of nitrogen functional groups attached to an aromatic ring is 1. The smallest absolute Gasteiger partial charge is 0.352 e. The van der Waals surface area contributed by atoms with Crippen LogP contribution in [0.5, 0.6) is 0 Å². The standard InChI is InChI=1S/C19H19N5O5S2/c1-2-9-7-30-17-13(16(26)24(17)14(9)18(27)28)22-15(25)12(11-8-31-19(20)21-11)23-29-10-5-3-4-6-10/h2-3,5,8,10,13,17H,1,4,6-7H2,(H2,20,21)(H,22,25)(H,27,28)/t10?,13?,17-/m1/s1. The summed E-state index contributed by atoms with van der Waals surface area (Å²) in [5, 5.41) is 17.4. The van der Waals surface area contributed by atoms with E-state index in [1.165, 1.54) is 22.7 Å². The molecular formula is C19H19N5O5S2. The molecule has 1 aliphatic carbocycles. The van der Waals surface area contributed by atoms with Crippen molar-refractivity contribution in [1.82, 2.24) is 15.2 Å². The first-order valence-corrected chi connectivity index (χ1v) is 11.3. The van der Waals surface area contributed by atoms with Crippen molar-refractivity contribution >= 4 is 51.7 Å². The summed E-state index contributed by atoms with van der Waals surface area (Å²) in [6, 6.07) is -0.897. The van der Waals surface area contributed by atoms with Crippen molar-refractivity contribution in [3.63, 3.8) is 0 Å². The highest BCUT2D eigenvalue weighted by molar-refractivity contribution is 8.00. The molecule has 2 unspecified atom stereocenters. The summed E-state index contributed by atoms with van der Waals surface area (Å²) >= 11 is 2.50. The lowest BCUT2D eigenvalue weighted by Crippen LogP contribution is -2.71. The van der Waals surface area contributed by atoms with Crippen LogP contribution < -0.4 is 11.1 Å². The fourth-order valence-electron chi connectivity index (χ4n) is 3.42. The van der Waals surface area contributed by atoms with Gasteiger partial charge >= 0.3 is 5.97 Å². The second-order valence-electron chi connectivity index (χ2n) is 6.90. The Hall–Kier alpha value is -3.12. The van der Waals surface area contributed by atoms with Gasteiger partial charge in [-0.25, -0.2) is 9.78 Å². The van der Waals surface area contributed by atoms with Gasteiger partial charge in [0.15, 0.2) is 10.8 Å². The monoisotopic (exact) mass is 461 g/mol. The number of aliphatic carboxylic acids is 1. The lowest BCUT2D eigenvalue weighted by atomic mass is 10.0. The molecule has 4 N–H and O–H groups in total. The molecule has 31 heavy (non-hydrogen) atoms. The Morgan fingerprint density at radius 2 is 2.29 bits per heavy atom. The number of amides is 2. The fraction of sp³-hybridized carbons (Fsp3) is 0.316. The predicted octanol–water partition coefficient (Wildman–Crippen LogP) is 1.09. The Kier molecular flexibility index (Phi) is 5.83. The van der Waals surface area contributed by atoms with Gasteiger partial charge in [0.2, 0.25) is 0 Å². The number of thioether (sulfide) groups is 1. The number of rotatable bonds is 7. The Morgan fingerprint density at radius 3 is 2.90 bits per heavy atom. The van der Waals surface area contributed by atoms with E-state index >= 15 is 0 Å². The minimum Gasteiger partial charge on any atom is -0.477 e. The number of carboxylic acid groups (broad SMARTS) is 1. The number of allylic oxidation sites excluding steroid dienone is 2. The normalized spacial score (nSPS) is 25.2. The summed E-state index contributed by atoms with van der Waals surface area (Å²) in [6.45, 7) is 3.61. The first-order valence-electron chi connectivity index (χ1n) is 9.37. The first-order chi connectivity index (χ1) is 14.9. The molecule has 0 bridgehead atoms. The van der Waals surface area contributed by atoms with E-state index in [2.05, 4.69) is 22.0 Å². The quantitative estimate of drug-likeness (QED) is 0.237. The average Bonchev–Trinajstić information content (AvgIpc) is 3.42. The summed E-state index contributed by atoms with van der Waals surface area (Å²) in [5.74, 6) is -2.01. The van der Waals surface area contributed by atoms with Crippen molar-refractivity contribution in [2.24, 2.45) is 5.16 Å². The molecule has 0 saturated carbocycles. The number of carboxylic acids is 1. The number of thiazole rings is 1. The van der Waals surface area contributed by atoms with E-state index in [0.717, 1.165) is 24.2 Å². The van der Waals surface area contributed by atoms with Gasteiger partial charge in [-0.1, -0.05) is 23.9 Å². The van der Waals surface area contributed by atoms with Gasteiger partial charge in [-0.05, 0) is 24.5 Å². The number of nitrogens with one attached hydrogen (secondary N) is 1. The fourth-order valence-corrected chi connectivity index (χ4v) is 5.31. The van der Waals surface area contributed by atoms with Crippen LogP contribution in [0, 0.1) is 0 Å². The van der Waals surface area contributed by atoms with Crippen molar-refractivity contribution in [1.29, 1.82) is 0 Å². The van der Waals surface area contributed by atoms with Crippen LogP contribution in [0.3, 0.4) is 0 Å². The van der Waals surface area contributed by atoms with E-state index in [0.29, 0.717) is 11.3 Å². The number of fused-ring (bicyclic) bond motifs is 1. The van der Waals surface area contributed by atoms with Crippen LogP contribution in [0.15, 0.2) is 46.6 Å². The number of hydrogen-bond donors (Lipinski definition) is 3. The van der Waals surface area contributed by atoms with Gasteiger partial charge in [-0.3, -0.25) is 14.5 Å². The molecule has 1 aromatic heterocycles. The van der Waals surface area contributed by atoms with Gasteiger partial charge in [0.1, 0.15) is 28.9 Å². The lowest BCUT2D eigenvalue weighted by Gasteiger charge is -2.49. The first kappa shape index (κ1) is 21.1. The van der Waals surface area contributed by atoms with Crippen molar-refractivity contribution in [2.75, 3.05) is 11.5 Å². The summed E-state index contributed by atoms with van der Waals surface area (Å²) in [5.41, 5.74) is 6.19. The lowest BCUT2D eigenvalue weighted by molar-refractivity contribution is -0.150. The molecule has 2 aliphatic heterocycles. The maximum atomic E-state index is 13.0. The minimum absolute atomic E-state index is 0.0962. The highest BCUT2D eigenvalue weighted by atomic mass is 32.2. The zero-order chi connectivity index (χ0) is 22.1. The molecule has 1 fully saturated rings. The summed E-state index contributed by atoms with van der Waals surface area (Å²) in [7, 11) is 0. The van der Waals surface area contributed by atoms with Crippen molar-refractivity contribution in [2.45, 2.75) is 30.4 Å². The SMILES string of the molecule is C=CC1=C(C(=O)O)N2C(=O)C(NC(=O)C(=NOC3C=CCC3)c3csc(N)n3)[C@H]2SC1. The van der Waals surface area contributed by atoms with Crippen molar-refractivity contribution in [3.8, 4) is 0 Å². The Bertz CT molecular complexity index is 1050. The number of carbonyl (C=O) groups excluding carboxylic acids is 2. The van der Waals surface area contributed by atoms with Crippen molar-refractivity contribution in [3.05, 3.63) is 47.2 Å². The van der Waals surface area contributed by atoms with E-state index < -0.39 is 29.2 Å². The second kappa shape index (κ2) is 8.55. The number of β-lactam (4-membered cyclic amide) rings is 1. The molecule has 3 aliphatic rings. The van der Waals surface area contributed by atoms with Crippen molar-refractivity contribution < 1.29 is 24.3 Å². The van der Waals surface area contributed by atoms with E-state index in [9.17, 15) is 19.5 Å².